The Morgan fingerprint density at radius 3 is 3.06 bits per heavy atom. The van der Waals surface area contributed by atoms with E-state index in [9.17, 15) is 4.79 Å². The molecule has 1 fully saturated rings. The molecule has 2 heterocycles. The first-order valence-corrected chi connectivity index (χ1v) is 6.48. The number of rotatable bonds is 2. The van der Waals surface area contributed by atoms with E-state index in [1.165, 1.54) is 0 Å². The molecule has 4 nitrogen and oxygen atoms in total. The van der Waals surface area contributed by atoms with Gasteiger partial charge >= 0.3 is 0 Å². The first kappa shape index (κ1) is 13.3. The molecule has 0 radical (unpaired) electrons. The Bertz CT molecular complexity index is 422. The Labute approximate surface area is 112 Å². The minimum Gasteiger partial charge on any atom is -0.367 e. The van der Waals surface area contributed by atoms with E-state index in [1.54, 1.807) is 29.4 Å². The number of morpholine rings is 1. The van der Waals surface area contributed by atoms with E-state index in [-0.39, 0.29) is 17.6 Å². The number of nitrogens with zero attached hydrogens (tertiary/aromatic N) is 2. The van der Waals surface area contributed by atoms with Gasteiger partial charge < -0.3 is 9.64 Å². The topological polar surface area (TPSA) is 42.4 Å². The fourth-order valence-electron chi connectivity index (χ4n) is 2.20. The predicted octanol–water partition coefficient (Wildman–Crippen LogP) is 1.94. The molecule has 1 saturated heterocycles. The molecule has 1 aliphatic rings. The van der Waals surface area contributed by atoms with Crippen LogP contribution in [0.5, 0.6) is 0 Å². The Hall–Kier alpha value is -1.13. The lowest BCUT2D eigenvalue weighted by molar-refractivity contribution is -0.117. The number of amides is 1. The average Bonchev–Trinajstić information content (AvgIpc) is 2.37. The summed E-state index contributed by atoms with van der Waals surface area (Å²) >= 11 is 5.85. The van der Waals surface area contributed by atoms with Crippen molar-refractivity contribution in [3.05, 3.63) is 30.1 Å². The van der Waals surface area contributed by atoms with Crippen LogP contribution in [0, 0.1) is 0 Å². The number of aromatic nitrogens is 1. The van der Waals surface area contributed by atoms with Crippen LogP contribution in [0.4, 0.5) is 0 Å². The summed E-state index contributed by atoms with van der Waals surface area (Å²) in [4.78, 5) is 18.1. The van der Waals surface area contributed by atoms with Gasteiger partial charge in [-0.3, -0.25) is 9.78 Å². The lowest BCUT2D eigenvalue weighted by Crippen LogP contribution is -2.55. The second-order valence-electron chi connectivity index (χ2n) is 5.08. The van der Waals surface area contributed by atoms with Crippen LogP contribution in [0.15, 0.2) is 24.5 Å². The summed E-state index contributed by atoms with van der Waals surface area (Å²) in [5.41, 5.74) is 0.235. The van der Waals surface area contributed by atoms with Crippen molar-refractivity contribution in [1.82, 2.24) is 9.88 Å². The number of hydrogen-bond donors (Lipinski definition) is 0. The normalized spacial score (nSPS) is 22.8. The SMILES string of the molecule is CC1(C)CN(C(=O)c2cccnc2)CC(CCl)O1. The highest BCUT2D eigenvalue weighted by atomic mass is 35.5. The molecule has 1 atom stereocenters. The number of ether oxygens (including phenoxy) is 1. The van der Waals surface area contributed by atoms with Gasteiger partial charge in [0, 0.05) is 25.5 Å². The van der Waals surface area contributed by atoms with E-state index in [4.69, 9.17) is 16.3 Å². The third-order valence-corrected chi connectivity index (χ3v) is 3.19. The van der Waals surface area contributed by atoms with Crippen LogP contribution < -0.4 is 0 Å². The minimum absolute atomic E-state index is 0.0189. The van der Waals surface area contributed by atoms with Crippen molar-refractivity contribution in [3.63, 3.8) is 0 Å². The van der Waals surface area contributed by atoms with Gasteiger partial charge in [0.25, 0.3) is 5.91 Å². The third kappa shape index (κ3) is 3.00. The van der Waals surface area contributed by atoms with Gasteiger partial charge in [-0.2, -0.15) is 0 Å². The van der Waals surface area contributed by atoms with E-state index in [0.717, 1.165) is 0 Å². The highest BCUT2D eigenvalue weighted by molar-refractivity contribution is 6.18. The summed E-state index contributed by atoms with van der Waals surface area (Å²) in [5.74, 6) is 0.370. The average molecular weight is 269 g/mol. The summed E-state index contributed by atoms with van der Waals surface area (Å²) in [6.07, 6.45) is 3.12. The maximum atomic E-state index is 12.3. The van der Waals surface area contributed by atoms with Crippen molar-refractivity contribution < 1.29 is 9.53 Å². The smallest absolute Gasteiger partial charge is 0.255 e. The van der Waals surface area contributed by atoms with Crippen LogP contribution in [0.3, 0.4) is 0 Å². The molecule has 1 aromatic rings. The standard InChI is InChI=1S/C13H17ClN2O2/c1-13(2)9-16(8-11(6-14)18-13)12(17)10-4-3-5-15-7-10/h3-5,7,11H,6,8-9H2,1-2H3. The number of pyridine rings is 1. The molecule has 5 heteroatoms. The van der Waals surface area contributed by atoms with Crippen LogP contribution in [0.25, 0.3) is 0 Å². The van der Waals surface area contributed by atoms with Crippen molar-refractivity contribution in [3.8, 4) is 0 Å². The number of carbonyl (C=O) groups is 1. The highest BCUT2D eigenvalue weighted by Gasteiger charge is 2.35. The first-order valence-electron chi connectivity index (χ1n) is 5.95. The summed E-state index contributed by atoms with van der Waals surface area (Å²) in [6, 6.07) is 3.53. The quantitative estimate of drug-likeness (QED) is 0.770. The fraction of sp³-hybridized carbons (Fsp3) is 0.538. The molecule has 1 amide bonds. The van der Waals surface area contributed by atoms with Crippen molar-refractivity contribution in [2.24, 2.45) is 0 Å². The van der Waals surface area contributed by atoms with Gasteiger partial charge in [0.1, 0.15) is 0 Å². The van der Waals surface area contributed by atoms with Gasteiger partial charge in [-0.25, -0.2) is 0 Å². The maximum absolute atomic E-state index is 12.3. The van der Waals surface area contributed by atoms with Crippen molar-refractivity contribution in [2.75, 3.05) is 19.0 Å². The fourth-order valence-corrected chi connectivity index (χ4v) is 2.36. The Balaban J connectivity index is 2.15. The van der Waals surface area contributed by atoms with Crippen molar-refractivity contribution >= 4 is 17.5 Å². The largest absolute Gasteiger partial charge is 0.367 e. The van der Waals surface area contributed by atoms with Crippen LogP contribution >= 0.6 is 11.6 Å². The highest BCUT2D eigenvalue weighted by Crippen LogP contribution is 2.23. The molecule has 18 heavy (non-hydrogen) atoms. The Morgan fingerprint density at radius 1 is 1.67 bits per heavy atom. The molecular weight excluding hydrogens is 252 g/mol. The zero-order valence-corrected chi connectivity index (χ0v) is 11.4. The van der Waals surface area contributed by atoms with Gasteiger partial charge in [-0.15, -0.1) is 11.6 Å². The molecule has 0 bridgehead atoms. The molecule has 0 aromatic carbocycles. The van der Waals surface area contributed by atoms with Crippen molar-refractivity contribution in [2.45, 2.75) is 25.6 Å². The molecule has 0 saturated carbocycles. The molecule has 1 unspecified atom stereocenters. The van der Waals surface area contributed by atoms with Gasteiger partial charge in [-0.1, -0.05) is 0 Å². The second-order valence-corrected chi connectivity index (χ2v) is 5.39. The molecule has 1 aromatic heterocycles. The van der Waals surface area contributed by atoms with Gasteiger partial charge in [0.2, 0.25) is 0 Å². The van der Waals surface area contributed by atoms with E-state index in [2.05, 4.69) is 4.98 Å². The van der Waals surface area contributed by atoms with Crippen LogP contribution in [0.1, 0.15) is 24.2 Å². The zero-order chi connectivity index (χ0) is 13.2. The summed E-state index contributed by atoms with van der Waals surface area (Å²) in [7, 11) is 0. The lowest BCUT2D eigenvalue weighted by Gasteiger charge is -2.42. The molecule has 1 aliphatic heterocycles. The molecular formula is C13H17ClN2O2. The summed E-state index contributed by atoms with van der Waals surface area (Å²) < 4.78 is 5.80. The summed E-state index contributed by atoms with van der Waals surface area (Å²) in [5, 5.41) is 0. The van der Waals surface area contributed by atoms with Crippen LogP contribution in [-0.4, -0.2) is 46.5 Å². The second kappa shape index (κ2) is 5.24. The van der Waals surface area contributed by atoms with Gasteiger partial charge in [-0.05, 0) is 26.0 Å². The van der Waals surface area contributed by atoms with E-state index in [0.29, 0.717) is 24.5 Å². The number of carbonyl (C=O) groups excluding carboxylic acids is 1. The third-order valence-electron chi connectivity index (χ3n) is 2.85. The summed E-state index contributed by atoms with van der Waals surface area (Å²) in [6.45, 7) is 5.03. The first-order chi connectivity index (χ1) is 8.52. The molecule has 0 spiro atoms. The van der Waals surface area contributed by atoms with E-state index >= 15 is 0 Å². The van der Waals surface area contributed by atoms with Gasteiger partial charge in [0.15, 0.2) is 0 Å². The molecule has 2 rings (SSSR count). The zero-order valence-electron chi connectivity index (χ0n) is 10.6. The number of alkyl halides is 1. The van der Waals surface area contributed by atoms with E-state index in [1.807, 2.05) is 13.8 Å². The predicted molar refractivity (Wildman–Crippen MR) is 69.8 cm³/mol. The van der Waals surface area contributed by atoms with Gasteiger partial charge in [0.05, 0.1) is 23.1 Å². The minimum atomic E-state index is -0.365. The molecule has 98 valence electrons. The van der Waals surface area contributed by atoms with E-state index < -0.39 is 0 Å². The lowest BCUT2D eigenvalue weighted by atomic mass is 10.0. The number of halogens is 1. The van der Waals surface area contributed by atoms with Crippen LogP contribution in [-0.2, 0) is 4.74 Å². The number of hydrogen-bond acceptors (Lipinski definition) is 3. The molecule has 0 aliphatic carbocycles. The van der Waals surface area contributed by atoms with Crippen LogP contribution in [0.2, 0.25) is 0 Å². The maximum Gasteiger partial charge on any atom is 0.255 e. The van der Waals surface area contributed by atoms with Crippen molar-refractivity contribution in [1.29, 1.82) is 0 Å². The Kier molecular flexibility index (Phi) is 3.88. The Morgan fingerprint density at radius 2 is 2.44 bits per heavy atom. The monoisotopic (exact) mass is 268 g/mol. The molecule has 0 N–H and O–H groups in total.